The molecule has 0 fully saturated rings. The molecule has 3 nitrogen and oxygen atoms in total. The minimum absolute atomic E-state index is 0.408. The van der Waals surface area contributed by atoms with Crippen LogP contribution in [0.1, 0.15) is 52.4 Å². The van der Waals surface area contributed by atoms with Crippen molar-refractivity contribution >= 4 is 11.6 Å². The van der Waals surface area contributed by atoms with Crippen LogP contribution >= 0.6 is 11.6 Å². The minimum atomic E-state index is -1.26. The summed E-state index contributed by atoms with van der Waals surface area (Å²) in [5, 5.41) is 10.4. The maximum Gasteiger partial charge on any atom is 0.292 e. The summed E-state index contributed by atoms with van der Waals surface area (Å²) in [4.78, 5) is 8.75. The average Bonchev–Trinajstić information content (AvgIpc) is 2.03. The van der Waals surface area contributed by atoms with E-state index in [2.05, 4.69) is 6.92 Å². The van der Waals surface area contributed by atoms with Gasteiger partial charge in [0, 0.05) is 18.3 Å². The fourth-order valence-electron chi connectivity index (χ4n) is 1.14. The SMILES string of the molecule is CCCCCCCC(C)(Cl)[N+](=O)[O-]. The van der Waals surface area contributed by atoms with Crippen molar-refractivity contribution in [3.05, 3.63) is 10.1 Å². The number of rotatable bonds is 7. The lowest BCUT2D eigenvalue weighted by atomic mass is 10.1. The zero-order valence-electron chi connectivity index (χ0n) is 8.38. The van der Waals surface area contributed by atoms with Crippen LogP contribution in [0.15, 0.2) is 0 Å². The Balaban J connectivity index is 3.46. The van der Waals surface area contributed by atoms with E-state index in [-0.39, 0.29) is 0 Å². The molecule has 0 aliphatic heterocycles. The molecule has 0 aliphatic rings. The van der Waals surface area contributed by atoms with Gasteiger partial charge in [-0.15, -0.1) is 0 Å². The number of unbranched alkanes of at least 4 members (excludes halogenated alkanes) is 4. The minimum Gasteiger partial charge on any atom is -0.263 e. The van der Waals surface area contributed by atoms with Crippen LogP contribution in [0.4, 0.5) is 0 Å². The Hall–Kier alpha value is -0.310. The molecule has 0 bridgehead atoms. The fourth-order valence-corrected chi connectivity index (χ4v) is 1.28. The normalized spacial score (nSPS) is 15.3. The lowest BCUT2D eigenvalue weighted by Gasteiger charge is -2.12. The van der Waals surface area contributed by atoms with Gasteiger partial charge in [0.25, 0.3) is 5.00 Å². The second-order valence-corrected chi connectivity index (χ2v) is 4.38. The third-order valence-corrected chi connectivity index (χ3v) is 2.44. The average molecular weight is 208 g/mol. The van der Waals surface area contributed by atoms with Crippen LogP contribution in [0.2, 0.25) is 0 Å². The van der Waals surface area contributed by atoms with Crippen LogP contribution in [0.5, 0.6) is 0 Å². The number of halogens is 1. The number of alkyl halides is 1. The van der Waals surface area contributed by atoms with Crippen LogP contribution < -0.4 is 0 Å². The molecular weight excluding hydrogens is 190 g/mol. The van der Waals surface area contributed by atoms with E-state index in [0.29, 0.717) is 6.42 Å². The number of hydrogen-bond acceptors (Lipinski definition) is 2. The highest BCUT2D eigenvalue weighted by molar-refractivity contribution is 6.22. The van der Waals surface area contributed by atoms with Gasteiger partial charge in [-0.05, 0) is 18.0 Å². The molecule has 0 spiro atoms. The Bertz CT molecular complexity index is 160. The molecule has 0 heterocycles. The maximum atomic E-state index is 10.4. The van der Waals surface area contributed by atoms with Crippen molar-refractivity contribution in [1.82, 2.24) is 0 Å². The summed E-state index contributed by atoms with van der Waals surface area (Å²) >= 11 is 5.68. The van der Waals surface area contributed by atoms with E-state index >= 15 is 0 Å². The monoisotopic (exact) mass is 207 g/mol. The lowest BCUT2D eigenvalue weighted by Crippen LogP contribution is -2.27. The van der Waals surface area contributed by atoms with Crippen LogP contribution in [-0.4, -0.2) is 9.92 Å². The highest BCUT2D eigenvalue weighted by atomic mass is 35.5. The second kappa shape index (κ2) is 6.19. The smallest absolute Gasteiger partial charge is 0.263 e. The number of hydrogen-bond donors (Lipinski definition) is 0. The lowest BCUT2D eigenvalue weighted by molar-refractivity contribution is -0.538. The summed E-state index contributed by atoms with van der Waals surface area (Å²) in [5.74, 6) is 0. The molecule has 0 N–H and O–H groups in total. The van der Waals surface area contributed by atoms with E-state index in [1.54, 1.807) is 0 Å². The number of nitro groups is 1. The molecule has 0 aromatic carbocycles. The summed E-state index contributed by atoms with van der Waals surface area (Å²) in [7, 11) is 0. The molecule has 0 saturated heterocycles. The van der Waals surface area contributed by atoms with Gasteiger partial charge >= 0.3 is 0 Å². The Morgan fingerprint density at radius 2 is 1.85 bits per heavy atom. The van der Waals surface area contributed by atoms with Crippen molar-refractivity contribution in [2.24, 2.45) is 0 Å². The Labute approximate surface area is 84.6 Å². The predicted molar refractivity (Wildman–Crippen MR) is 54.6 cm³/mol. The summed E-state index contributed by atoms with van der Waals surface area (Å²) in [6.07, 6.45) is 5.91. The largest absolute Gasteiger partial charge is 0.292 e. The van der Waals surface area contributed by atoms with Gasteiger partial charge in [-0.3, -0.25) is 10.1 Å². The standard InChI is InChI=1S/C9H18ClNO2/c1-3-4-5-6-7-8-9(2,10)11(12)13/h3-8H2,1-2H3. The van der Waals surface area contributed by atoms with Gasteiger partial charge < -0.3 is 0 Å². The highest BCUT2D eigenvalue weighted by Crippen LogP contribution is 2.23. The molecule has 1 atom stereocenters. The molecule has 4 heteroatoms. The summed E-state index contributed by atoms with van der Waals surface area (Å²) in [6.45, 7) is 3.61. The van der Waals surface area contributed by atoms with Crippen molar-refractivity contribution < 1.29 is 4.92 Å². The first kappa shape index (κ1) is 12.7. The third kappa shape index (κ3) is 5.86. The molecule has 0 amide bonds. The van der Waals surface area contributed by atoms with Crippen molar-refractivity contribution in [2.45, 2.75) is 57.4 Å². The summed E-state index contributed by atoms with van der Waals surface area (Å²) < 4.78 is 0. The van der Waals surface area contributed by atoms with Crippen molar-refractivity contribution in [3.63, 3.8) is 0 Å². The van der Waals surface area contributed by atoms with Gasteiger partial charge in [0.05, 0.1) is 0 Å². The molecule has 0 aliphatic carbocycles. The van der Waals surface area contributed by atoms with Gasteiger partial charge in [0.15, 0.2) is 0 Å². The van der Waals surface area contributed by atoms with Crippen LogP contribution in [0.25, 0.3) is 0 Å². The fraction of sp³-hybridized carbons (Fsp3) is 1.00. The zero-order valence-corrected chi connectivity index (χ0v) is 9.14. The quantitative estimate of drug-likeness (QED) is 0.211. The van der Waals surface area contributed by atoms with Crippen LogP contribution in [0, 0.1) is 10.1 Å². The molecule has 0 rings (SSSR count). The van der Waals surface area contributed by atoms with Gasteiger partial charge in [-0.1, -0.05) is 32.6 Å². The number of nitrogens with zero attached hydrogens (tertiary/aromatic N) is 1. The predicted octanol–water partition coefficient (Wildman–Crippen LogP) is 3.58. The van der Waals surface area contributed by atoms with E-state index in [1.165, 1.54) is 19.8 Å². The molecule has 78 valence electrons. The van der Waals surface area contributed by atoms with Gasteiger partial charge in [0.2, 0.25) is 0 Å². The molecular formula is C9H18ClNO2. The molecule has 0 saturated carbocycles. The molecule has 13 heavy (non-hydrogen) atoms. The third-order valence-electron chi connectivity index (χ3n) is 2.12. The van der Waals surface area contributed by atoms with E-state index in [9.17, 15) is 10.1 Å². The Morgan fingerprint density at radius 3 is 2.31 bits per heavy atom. The summed E-state index contributed by atoms with van der Waals surface area (Å²) in [5.41, 5.74) is 0. The van der Waals surface area contributed by atoms with Crippen molar-refractivity contribution in [1.29, 1.82) is 0 Å². The highest BCUT2D eigenvalue weighted by Gasteiger charge is 2.32. The Morgan fingerprint density at radius 1 is 1.31 bits per heavy atom. The van der Waals surface area contributed by atoms with E-state index in [1.807, 2.05) is 0 Å². The summed E-state index contributed by atoms with van der Waals surface area (Å²) in [6, 6.07) is 0. The first-order valence-corrected chi connectivity index (χ1v) is 5.22. The van der Waals surface area contributed by atoms with Crippen molar-refractivity contribution in [2.75, 3.05) is 0 Å². The van der Waals surface area contributed by atoms with Gasteiger partial charge in [0.1, 0.15) is 0 Å². The van der Waals surface area contributed by atoms with Crippen LogP contribution in [-0.2, 0) is 0 Å². The van der Waals surface area contributed by atoms with Gasteiger partial charge in [-0.25, -0.2) is 0 Å². The molecule has 0 aromatic heterocycles. The topological polar surface area (TPSA) is 43.1 Å². The second-order valence-electron chi connectivity index (χ2n) is 3.56. The van der Waals surface area contributed by atoms with E-state index in [0.717, 1.165) is 19.3 Å². The van der Waals surface area contributed by atoms with E-state index in [4.69, 9.17) is 11.6 Å². The molecule has 1 unspecified atom stereocenters. The van der Waals surface area contributed by atoms with Crippen molar-refractivity contribution in [3.8, 4) is 0 Å². The molecule has 0 aromatic rings. The first-order chi connectivity index (χ1) is 6.00. The van der Waals surface area contributed by atoms with Gasteiger partial charge in [-0.2, -0.15) is 0 Å². The Kier molecular flexibility index (Phi) is 6.04. The zero-order chi connectivity index (χ0) is 10.3. The maximum absolute atomic E-state index is 10.4. The van der Waals surface area contributed by atoms with E-state index < -0.39 is 9.92 Å². The van der Waals surface area contributed by atoms with Crippen LogP contribution in [0.3, 0.4) is 0 Å². The first-order valence-electron chi connectivity index (χ1n) is 4.84. The molecule has 0 radical (unpaired) electrons.